The van der Waals surface area contributed by atoms with Gasteiger partial charge in [-0.05, 0) is 204 Å². The highest BCUT2D eigenvalue weighted by atomic mass is 32.2. The van der Waals surface area contributed by atoms with Crippen LogP contribution >= 0.6 is 94.1 Å². The Morgan fingerprint density at radius 2 is 0.284 bits per heavy atom. The zero-order chi connectivity index (χ0) is 82.4. The van der Waals surface area contributed by atoms with Crippen molar-refractivity contribution < 1.29 is 120 Å². The van der Waals surface area contributed by atoms with E-state index in [0.717, 1.165) is 46.0 Å². The molecule has 0 aliphatic carbocycles. The number of hydrogen-bond donors (Lipinski definition) is 0. The molecule has 116 heavy (non-hydrogen) atoms. The molecule has 0 aromatic carbocycles. The molecule has 28 nitrogen and oxygen atoms in total. The summed E-state index contributed by atoms with van der Waals surface area (Å²) in [4.78, 5) is 0. The lowest BCUT2D eigenvalue weighted by Crippen LogP contribution is -2.93. The first-order valence-corrected chi connectivity index (χ1v) is 88.7. The van der Waals surface area contributed by atoms with Gasteiger partial charge in [0.2, 0.25) is 0 Å². The molecule has 8 bridgehead atoms. The van der Waals surface area contributed by atoms with Crippen molar-refractivity contribution in [3.8, 4) is 0 Å². The van der Waals surface area contributed by atoms with Crippen LogP contribution in [-0.2, 0) is 120 Å². The van der Waals surface area contributed by atoms with Crippen LogP contribution in [0.5, 0.6) is 0 Å². The first-order chi connectivity index (χ1) is 54.8. The summed E-state index contributed by atoms with van der Waals surface area (Å²) < 4.78 is 217. The minimum Gasteiger partial charge on any atom is -0.395 e. The van der Waals surface area contributed by atoms with Crippen LogP contribution in [0.4, 0.5) is 0 Å². The highest BCUT2D eigenvalue weighted by molar-refractivity contribution is 8.08. The molecular formula is C64H136O28S8Si16. The monoisotopic (exact) mass is 2060 g/mol. The van der Waals surface area contributed by atoms with Crippen LogP contribution in [0.25, 0.3) is 0 Å². The van der Waals surface area contributed by atoms with Crippen molar-refractivity contribution in [2.24, 2.45) is 0 Å². The fourth-order valence-electron chi connectivity index (χ4n) is 13.8. The number of ether oxygens (including phenoxy) is 8. The van der Waals surface area contributed by atoms with E-state index in [-0.39, 0.29) is 0 Å². The fraction of sp³-hybridized carbons (Fsp3) is 1.00. The largest absolute Gasteiger partial charge is 0.651 e. The van der Waals surface area contributed by atoms with Gasteiger partial charge in [-0.1, -0.05) is 0 Å². The van der Waals surface area contributed by atoms with Crippen LogP contribution in [0.2, 0.25) is 153 Å². The maximum absolute atomic E-state index is 8.38. The van der Waals surface area contributed by atoms with Crippen molar-refractivity contribution in [1.29, 1.82) is 0 Å². The lowest BCUT2D eigenvalue weighted by molar-refractivity contribution is -0.130. The van der Waals surface area contributed by atoms with Gasteiger partial charge in [-0.15, -0.1) is 0 Å². The average molecular weight is 2060 g/mol. The molecule has 0 amide bonds. The molecule has 0 spiro atoms. The van der Waals surface area contributed by atoms with E-state index in [9.17, 15) is 0 Å². The summed E-state index contributed by atoms with van der Waals surface area (Å²) in [7, 11) is -71.0. The summed E-state index contributed by atoms with van der Waals surface area (Å²) in [6.07, 6.45) is 5.12. The smallest absolute Gasteiger partial charge is 0.395 e. The summed E-state index contributed by atoms with van der Waals surface area (Å²) in [5.41, 5.74) is 0. The van der Waals surface area contributed by atoms with Gasteiger partial charge >= 0.3 is 72.4 Å². The van der Waals surface area contributed by atoms with Crippen LogP contribution in [0.15, 0.2) is 0 Å². The van der Waals surface area contributed by atoms with Gasteiger partial charge in [0.15, 0.2) is 66.5 Å². The van der Waals surface area contributed by atoms with E-state index in [1.54, 1.807) is 0 Å². The van der Waals surface area contributed by atoms with E-state index in [0.29, 0.717) is 247 Å². The molecule has 0 aromatic rings. The van der Waals surface area contributed by atoms with Crippen LogP contribution in [0, 0.1) is 0 Å². The molecule has 14 aliphatic rings. The second-order valence-electron chi connectivity index (χ2n) is 37.2. The van der Waals surface area contributed by atoms with Gasteiger partial charge in [-0.2, -0.15) is 94.1 Å². The average Bonchev–Trinajstić information content (AvgIpc) is 1.57. The third-order valence-corrected chi connectivity index (χ3v) is 90.1. The zero-order valence-electron chi connectivity index (χ0n) is 71.6. The summed E-state index contributed by atoms with van der Waals surface area (Å²) >= 11 is 15.3. The number of rotatable bonds is 64. The summed E-state index contributed by atoms with van der Waals surface area (Å²) in [5, 5.41) is 3.95. The quantitative estimate of drug-likeness (QED) is 0.0311. The molecular weight excluding hydrogens is 1920 g/mol. The van der Waals surface area contributed by atoms with E-state index in [2.05, 4.69) is 105 Å². The summed E-state index contributed by atoms with van der Waals surface area (Å²) in [6, 6.07) is 4.38. The van der Waals surface area contributed by atoms with E-state index in [4.69, 9.17) is 120 Å². The van der Waals surface area contributed by atoms with Crippen LogP contribution in [0.3, 0.4) is 0 Å². The molecule has 52 heteroatoms. The van der Waals surface area contributed by atoms with Gasteiger partial charge in [0.1, 0.15) is 0 Å². The Bertz CT molecular complexity index is 2440. The Labute approximate surface area is 744 Å². The highest BCUT2D eigenvalue weighted by Crippen LogP contribution is 2.55. The Morgan fingerprint density at radius 1 is 0.190 bits per heavy atom. The second kappa shape index (κ2) is 42.2. The number of hydrogen-bond acceptors (Lipinski definition) is 36. The summed E-state index contributed by atoms with van der Waals surface area (Å²) in [5.74, 6) is 8.73. The fourth-order valence-corrected chi connectivity index (χ4v) is 90.8. The van der Waals surface area contributed by atoms with Gasteiger partial charge in [-0.25, -0.2) is 0 Å². The minimum absolute atomic E-state index is 0.493. The predicted molar refractivity (Wildman–Crippen MR) is 500 cm³/mol. The van der Waals surface area contributed by atoms with Crippen molar-refractivity contribution in [3.05, 3.63) is 0 Å². The molecule has 672 valence electrons. The SMILES string of the molecule is C[Si](C)(CCCOCC1CS1)O[Si]12O[Si]3(O[Si](C)(C)CCCOCC4CS4)O[Si]4(O[Si](C)(C)CCCOCC5CS5)O[Si](O[Si](C)(C)CCCOCC5CS5)(O1)O[Si]1(O[Si](C)(C)CCCOCC5CS5)O[Si](O[Si](C)(C)CCCOCC5CS5)(O2)O[Si](O[Si](C)(C)CCCOCC2CS2)(O3)O[Si](O[Si](C)(C)CCCOCC2CS2)(O4)O1. The Balaban J connectivity index is 1.03. The first-order valence-electron chi connectivity index (χ1n) is 42.3. The Hall–Kier alpha value is 5.15. The Kier molecular flexibility index (Phi) is 35.9. The van der Waals surface area contributed by atoms with Crippen LogP contribution < -0.4 is 0 Å². The molecule has 14 aliphatic heterocycles. The maximum atomic E-state index is 8.38. The lowest BCUT2D eigenvalue weighted by atomic mass is 10.5. The number of thioether (sulfide) groups is 8. The van der Waals surface area contributed by atoms with E-state index in [1.165, 1.54) is 0 Å². The molecule has 0 saturated carbocycles. The third kappa shape index (κ3) is 34.0. The van der Waals surface area contributed by atoms with Gasteiger partial charge in [0.25, 0.3) is 0 Å². The maximum Gasteiger partial charge on any atom is 0.651 e. The normalized spacial score (nSPS) is 35.2. The van der Waals surface area contributed by atoms with Gasteiger partial charge < -0.3 is 120 Å². The lowest BCUT2D eigenvalue weighted by Gasteiger charge is -2.61. The van der Waals surface area contributed by atoms with Crippen molar-refractivity contribution in [2.75, 3.05) is 152 Å². The molecule has 14 saturated heterocycles. The second-order valence-corrected chi connectivity index (χ2v) is 104. The predicted octanol–water partition coefficient (Wildman–Crippen LogP) is 13.7. The van der Waals surface area contributed by atoms with Crippen LogP contribution in [-0.4, -0.2) is 333 Å². The van der Waals surface area contributed by atoms with Gasteiger partial charge in [0.05, 0.1) is 52.9 Å². The van der Waals surface area contributed by atoms with Crippen LogP contribution in [0.1, 0.15) is 51.4 Å². The van der Waals surface area contributed by atoms with E-state index in [1.807, 2.05) is 94.1 Å². The Morgan fingerprint density at radius 3 is 0.371 bits per heavy atom. The molecule has 14 fully saturated rings. The molecule has 8 unspecified atom stereocenters. The first kappa shape index (κ1) is 98.6. The van der Waals surface area contributed by atoms with Crippen molar-refractivity contribution in [2.45, 2.75) is 246 Å². The molecule has 0 N–H and O–H groups in total. The topological polar surface area (TPSA) is 258 Å². The molecule has 0 radical (unpaired) electrons. The molecule has 8 atom stereocenters. The minimum atomic E-state index is -5.54. The van der Waals surface area contributed by atoms with Crippen molar-refractivity contribution in [3.63, 3.8) is 0 Å². The van der Waals surface area contributed by atoms with Crippen molar-refractivity contribution in [1.82, 2.24) is 0 Å². The molecule has 0 aromatic heterocycles. The standard InChI is InChI=1S/C64H136O28S8Si16/c1-101(2,33-17-25-65-41-57-49-93-57)73-109-81-110(74-102(3,4)34-18-26-66-42-58-50-94-58)84-113(77-105(9,10)37-21-29-69-45-61-53-97-61)86-111(82-109,75-103(5,6)35-19-27-67-43-59-51-95-59)88-115(79-107(13,14)39-23-31-71-47-63-55-99-63)89-112(83-109,76-104(7,8)36-20-28-68-44-60-52-96-60)87-114(85-110,78-106(11,12)38-22-30-70-46-62-54-98-62)91-116(90-113,92-115)80-108(15,16)40-24-32-72-48-64-56-100-64/h57-64H,17-56H2,1-16H3. The summed E-state index contributed by atoms with van der Waals surface area (Å²) in [6.45, 7) is 43.4. The highest BCUT2D eigenvalue weighted by Gasteiger charge is 2.93. The van der Waals surface area contributed by atoms with Gasteiger partial charge in [0, 0.05) is 141 Å². The third-order valence-electron chi connectivity index (χ3n) is 20.4. The van der Waals surface area contributed by atoms with E-state index >= 15 is 0 Å². The zero-order valence-corrected chi connectivity index (χ0v) is 94.1. The van der Waals surface area contributed by atoms with Gasteiger partial charge in [-0.3, -0.25) is 0 Å². The van der Waals surface area contributed by atoms with Crippen molar-refractivity contribution >= 4 is 233 Å². The van der Waals surface area contributed by atoms with E-state index < -0.39 is 139 Å². The molecule has 14 rings (SSSR count). The molecule has 14 heterocycles.